The van der Waals surface area contributed by atoms with E-state index in [0.717, 1.165) is 12.4 Å². The van der Waals surface area contributed by atoms with E-state index < -0.39 is 0 Å². The van der Waals surface area contributed by atoms with Crippen molar-refractivity contribution in [2.45, 2.75) is 44.7 Å². The Bertz CT molecular complexity index is 559. The number of nitrogens with one attached hydrogen (secondary N) is 1. The zero-order valence-corrected chi connectivity index (χ0v) is 12.0. The molecule has 0 atom stereocenters. The van der Waals surface area contributed by atoms with E-state index in [9.17, 15) is 0 Å². The molecule has 0 aliphatic heterocycles. The van der Waals surface area contributed by atoms with Crippen molar-refractivity contribution in [3.05, 3.63) is 12.4 Å². The summed E-state index contributed by atoms with van der Waals surface area (Å²) < 4.78 is 1.75. The number of nitrogens with zero attached hydrogens (tertiary/aromatic N) is 6. The van der Waals surface area contributed by atoms with E-state index in [-0.39, 0.29) is 0 Å². The first-order valence-corrected chi connectivity index (χ1v) is 7.28. The fraction of sp³-hybridized carbons (Fsp3) is 0.692. The molecule has 108 valence electrons. The third-order valence-electron chi connectivity index (χ3n) is 4.19. The Kier molecular flexibility index (Phi) is 3.77. The van der Waals surface area contributed by atoms with Gasteiger partial charge in [-0.15, -0.1) is 5.10 Å². The zero-order chi connectivity index (χ0) is 13.9. The van der Waals surface area contributed by atoms with Crippen molar-refractivity contribution < 1.29 is 0 Å². The minimum atomic E-state index is 0.529. The quantitative estimate of drug-likeness (QED) is 0.893. The average Bonchev–Trinajstić information content (AvgIpc) is 2.96. The minimum Gasteiger partial charge on any atom is -0.355 e. The minimum absolute atomic E-state index is 0.529. The lowest BCUT2D eigenvalue weighted by Crippen LogP contribution is -2.41. The fourth-order valence-electron chi connectivity index (χ4n) is 3.05. The molecule has 7 heteroatoms. The van der Waals surface area contributed by atoms with Crippen LogP contribution in [0.1, 0.15) is 32.6 Å². The van der Waals surface area contributed by atoms with E-state index in [2.05, 4.69) is 44.7 Å². The van der Waals surface area contributed by atoms with Crippen LogP contribution in [0.4, 0.5) is 5.82 Å². The number of aromatic nitrogens is 5. The molecule has 20 heavy (non-hydrogen) atoms. The van der Waals surface area contributed by atoms with Crippen LogP contribution in [0.3, 0.4) is 0 Å². The Morgan fingerprint density at radius 2 is 2.10 bits per heavy atom. The van der Waals surface area contributed by atoms with Crippen molar-refractivity contribution in [1.29, 1.82) is 0 Å². The summed E-state index contributed by atoms with van der Waals surface area (Å²) in [5.41, 5.74) is 0.690. The summed E-state index contributed by atoms with van der Waals surface area (Å²) in [5.74, 6) is 0.958. The van der Waals surface area contributed by atoms with Crippen LogP contribution in [0.2, 0.25) is 0 Å². The smallest absolute Gasteiger partial charge is 0.199 e. The maximum Gasteiger partial charge on any atom is 0.199 e. The largest absolute Gasteiger partial charge is 0.355 e. The predicted molar refractivity (Wildman–Crippen MR) is 76.7 cm³/mol. The molecule has 2 heterocycles. The molecule has 0 bridgehead atoms. The summed E-state index contributed by atoms with van der Waals surface area (Å²) in [4.78, 5) is 6.49. The van der Waals surface area contributed by atoms with Crippen LogP contribution in [0.15, 0.2) is 12.4 Å². The Morgan fingerprint density at radius 3 is 2.85 bits per heavy atom. The van der Waals surface area contributed by atoms with Gasteiger partial charge in [0.25, 0.3) is 0 Å². The Balaban J connectivity index is 1.73. The molecule has 0 unspecified atom stereocenters. The van der Waals surface area contributed by atoms with E-state index in [1.165, 1.54) is 25.7 Å². The molecule has 7 nitrogen and oxygen atoms in total. The first-order chi connectivity index (χ1) is 9.79. The van der Waals surface area contributed by atoms with Crippen molar-refractivity contribution in [3.8, 4) is 0 Å². The maximum atomic E-state index is 4.23. The molecule has 1 saturated carbocycles. The second kappa shape index (κ2) is 5.70. The van der Waals surface area contributed by atoms with Gasteiger partial charge in [0.2, 0.25) is 0 Å². The van der Waals surface area contributed by atoms with Crippen LogP contribution < -0.4 is 10.2 Å². The van der Waals surface area contributed by atoms with Crippen LogP contribution in [-0.4, -0.2) is 50.7 Å². The molecule has 0 saturated heterocycles. The first kappa shape index (κ1) is 13.2. The van der Waals surface area contributed by atoms with E-state index in [1.54, 1.807) is 10.7 Å². The maximum absolute atomic E-state index is 4.23. The molecule has 1 aliphatic rings. The highest BCUT2D eigenvalue weighted by Crippen LogP contribution is 2.25. The number of fused-ring (bicyclic) bond motifs is 1. The van der Waals surface area contributed by atoms with Crippen LogP contribution >= 0.6 is 0 Å². The van der Waals surface area contributed by atoms with E-state index in [0.29, 0.717) is 17.7 Å². The lowest BCUT2D eigenvalue weighted by atomic mass is 9.90. The van der Waals surface area contributed by atoms with Gasteiger partial charge in [0, 0.05) is 19.1 Å². The summed E-state index contributed by atoms with van der Waals surface area (Å²) in [6, 6.07) is 1.20. The second-order valence-corrected chi connectivity index (χ2v) is 5.39. The van der Waals surface area contributed by atoms with Gasteiger partial charge in [-0.2, -0.15) is 4.52 Å². The molecule has 2 aromatic rings. The number of hydrogen-bond acceptors (Lipinski definition) is 6. The van der Waals surface area contributed by atoms with Gasteiger partial charge in [0.05, 0.1) is 12.4 Å². The molecule has 1 aliphatic carbocycles. The monoisotopic (exact) mass is 275 g/mol. The molecule has 3 rings (SSSR count). The van der Waals surface area contributed by atoms with Gasteiger partial charge in [-0.25, -0.2) is 0 Å². The van der Waals surface area contributed by atoms with Gasteiger partial charge in [0.15, 0.2) is 11.5 Å². The van der Waals surface area contributed by atoms with Gasteiger partial charge in [-0.3, -0.25) is 4.98 Å². The average molecular weight is 275 g/mol. The predicted octanol–water partition coefficient (Wildman–Crippen LogP) is 0.876. The number of anilines is 1. The van der Waals surface area contributed by atoms with Crippen molar-refractivity contribution in [2.24, 2.45) is 0 Å². The van der Waals surface area contributed by atoms with Crippen LogP contribution in [0.5, 0.6) is 0 Å². The second-order valence-electron chi connectivity index (χ2n) is 5.39. The van der Waals surface area contributed by atoms with Gasteiger partial charge in [0.1, 0.15) is 0 Å². The van der Waals surface area contributed by atoms with E-state index in [1.807, 2.05) is 6.20 Å². The number of tetrazole rings is 1. The van der Waals surface area contributed by atoms with Crippen molar-refractivity contribution >= 4 is 11.5 Å². The summed E-state index contributed by atoms with van der Waals surface area (Å²) in [7, 11) is 2.11. The van der Waals surface area contributed by atoms with Gasteiger partial charge < -0.3 is 10.2 Å². The van der Waals surface area contributed by atoms with E-state index in [4.69, 9.17) is 0 Å². The van der Waals surface area contributed by atoms with Crippen LogP contribution in [-0.2, 0) is 0 Å². The standard InChI is InChI=1S/C13H21N7/c1-3-15-10-4-6-11(7-5-10)19(2)13-9-14-8-12-16-17-18-20(12)13/h8-11,15H,3-7H2,1-2H3. The zero-order valence-electron chi connectivity index (χ0n) is 12.0. The fourth-order valence-corrected chi connectivity index (χ4v) is 3.05. The highest BCUT2D eigenvalue weighted by molar-refractivity contribution is 5.46. The molecule has 0 amide bonds. The molecule has 1 fully saturated rings. The molecule has 0 radical (unpaired) electrons. The highest BCUT2D eigenvalue weighted by atomic mass is 15.5. The van der Waals surface area contributed by atoms with Gasteiger partial charge in [-0.05, 0) is 42.7 Å². The lowest BCUT2D eigenvalue weighted by Gasteiger charge is -2.35. The summed E-state index contributed by atoms with van der Waals surface area (Å²) in [6.07, 6.45) is 8.34. The van der Waals surface area contributed by atoms with Crippen LogP contribution in [0.25, 0.3) is 5.65 Å². The summed E-state index contributed by atoms with van der Waals surface area (Å²) in [6.45, 7) is 3.22. The number of hydrogen-bond donors (Lipinski definition) is 1. The molecule has 0 spiro atoms. The molecule has 0 aromatic carbocycles. The highest BCUT2D eigenvalue weighted by Gasteiger charge is 2.25. The lowest BCUT2D eigenvalue weighted by molar-refractivity contribution is 0.340. The van der Waals surface area contributed by atoms with Crippen molar-refractivity contribution in [2.75, 3.05) is 18.5 Å². The normalized spacial score (nSPS) is 23.1. The Labute approximate surface area is 118 Å². The molecular weight excluding hydrogens is 254 g/mol. The SMILES string of the molecule is CCNC1CCC(N(C)c2cncc3nnnn23)CC1. The first-order valence-electron chi connectivity index (χ1n) is 7.28. The topological polar surface area (TPSA) is 71.2 Å². The van der Waals surface area contributed by atoms with Gasteiger partial charge in [-0.1, -0.05) is 6.92 Å². The number of rotatable bonds is 4. The summed E-state index contributed by atoms with van der Waals surface area (Å²) in [5, 5.41) is 15.2. The van der Waals surface area contributed by atoms with Crippen LogP contribution in [0, 0.1) is 0 Å². The third kappa shape index (κ3) is 2.45. The van der Waals surface area contributed by atoms with Crippen molar-refractivity contribution in [1.82, 2.24) is 30.3 Å². The van der Waals surface area contributed by atoms with E-state index >= 15 is 0 Å². The van der Waals surface area contributed by atoms with Gasteiger partial charge >= 0.3 is 0 Å². The Morgan fingerprint density at radius 1 is 1.30 bits per heavy atom. The van der Waals surface area contributed by atoms with Crippen molar-refractivity contribution in [3.63, 3.8) is 0 Å². The Hall–Kier alpha value is -1.76. The molecule has 2 aromatic heterocycles. The molecular formula is C13H21N7. The summed E-state index contributed by atoms with van der Waals surface area (Å²) >= 11 is 0. The third-order valence-corrected chi connectivity index (χ3v) is 4.19. The molecule has 1 N–H and O–H groups in total.